The van der Waals surface area contributed by atoms with Gasteiger partial charge in [0.25, 0.3) is 11.8 Å². The van der Waals surface area contributed by atoms with Crippen LogP contribution >= 0.6 is 0 Å². The number of methoxy groups -OCH3 is 2. The van der Waals surface area contributed by atoms with Crippen molar-refractivity contribution < 1.29 is 33.0 Å². The average molecular weight is 465 g/mol. The zero-order valence-electron chi connectivity index (χ0n) is 18.5. The highest BCUT2D eigenvalue weighted by molar-refractivity contribution is 5.99. The third kappa shape index (κ3) is 4.74. The predicted molar refractivity (Wildman–Crippen MR) is 113 cm³/mol. The highest BCUT2D eigenvalue weighted by Gasteiger charge is 2.36. The molecule has 0 saturated carbocycles. The Morgan fingerprint density at radius 3 is 2.67 bits per heavy atom. The van der Waals surface area contributed by atoms with Crippen molar-refractivity contribution in [3.8, 4) is 5.75 Å². The monoisotopic (exact) mass is 465 g/mol. The molecule has 2 heterocycles. The summed E-state index contributed by atoms with van der Waals surface area (Å²) in [4.78, 5) is 40.2. The Kier molecular flexibility index (Phi) is 7.44. The van der Waals surface area contributed by atoms with Crippen LogP contribution in [0.15, 0.2) is 23.0 Å². The van der Waals surface area contributed by atoms with E-state index in [1.807, 2.05) is 0 Å². The summed E-state index contributed by atoms with van der Waals surface area (Å²) in [5, 5.41) is 13.0. The van der Waals surface area contributed by atoms with E-state index in [0.29, 0.717) is 12.5 Å². The summed E-state index contributed by atoms with van der Waals surface area (Å²) in [6.45, 7) is 0.384. The number of likely N-dealkylation sites (N-methyl/N-ethyl adjacent to an activating group) is 1. The van der Waals surface area contributed by atoms with Crippen LogP contribution < -0.4 is 10.7 Å². The number of pyridine rings is 1. The molecule has 33 heavy (non-hydrogen) atoms. The number of nitrogens with one attached hydrogen (secondary N) is 1. The van der Waals surface area contributed by atoms with Gasteiger partial charge in [0.05, 0.1) is 18.4 Å². The molecule has 0 saturated heterocycles. The molecule has 0 radical (unpaired) electrons. The second-order valence-electron chi connectivity index (χ2n) is 7.59. The van der Waals surface area contributed by atoms with Crippen molar-refractivity contribution in [2.75, 3.05) is 34.4 Å². The van der Waals surface area contributed by atoms with Crippen LogP contribution in [-0.2, 0) is 22.6 Å². The molecule has 1 aromatic heterocycles. The summed E-state index contributed by atoms with van der Waals surface area (Å²) >= 11 is 0. The van der Waals surface area contributed by atoms with Crippen LogP contribution in [-0.4, -0.2) is 60.8 Å². The van der Waals surface area contributed by atoms with Crippen molar-refractivity contribution in [3.05, 3.63) is 62.6 Å². The number of nitrogens with zero attached hydrogens (tertiary/aromatic N) is 2. The topological polar surface area (TPSA) is 110 Å². The summed E-state index contributed by atoms with van der Waals surface area (Å²) in [7, 11) is 4.38. The van der Waals surface area contributed by atoms with Crippen LogP contribution in [0.4, 0.5) is 8.78 Å². The number of carbonyl (C=O) groups excluding carboxylic acids is 2. The van der Waals surface area contributed by atoms with Gasteiger partial charge in [-0.3, -0.25) is 14.4 Å². The minimum absolute atomic E-state index is 0.0144. The molecule has 3 rings (SSSR count). The minimum Gasteiger partial charge on any atom is -0.503 e. The number of hydrogen-bond acceptors (Lipinski definition) is 6. The Labute approximate surface area is 188 Å². The van der Waals surface area contributed by atoms with Crippen LogP contribution in [0.1, 0.15) is 44.6 Å². The van der Waals surface area contributed by atoms with E-state index in [1.54, 1.807) is 0 Å². The lowest BCUT2D eigenvalue weighted by molar-refractivity contribution is 0.0727. The van der Waals surface area contributed by atoms with Crippen LogP contribution in [0.5, 0.6) is 5.75 Å². The number of amides is 2. The fourth-order valence-electron chi connectivity index (χ4n) is 3.78. The molecule has 2 N–H and O–H groups in total. The van der Waals surface area contributed by atoms with Gasteiger partial charge >= 0.3 is 0 Å². The Morgan fingerprint density at radius 1 is 1.30 bits per heavy atom. The number of rotatable bonds is 8. The molecule has 0 unspecified atom stereocenters. The van der Waals surface area contributed by atoms with Crippen molar-refractivity contribution in [2.45, 2.75) is 25.6 Å². The lowest BCUT2D eigenvalue weighted by Crippen LogP contribution is -2.37. The van der Waals surface area contributed by atoms with E-state index in [0.717, 1.165) is 6.07 Å². The van der Waals surface area contributed by atoms with Gasteiger partial charge in [-0.2, -0.15) is 0 Å². The van der Waals surface area contributed by atoms with Gasteiger partial charge in [0.1, 0.15) is 17.2 Å². The molecule has 178 valence electrons. The number of aromatic nitrogens is 1. The van der Waals surface area contributed by atoms with Crippen molar-refractivity contribution in [1.29, 1.82) is 0 Å². The predicted octanol–water partition coefficient (Wildman–Crippen LogP) is 1.57. The van der Waals surface area contributed by atoms with E-state index in [4.69, 9.17) is 9.47 Å². The smallest absolute Gasteiger partial charge is 0.274 e. The van der Waals surface area contributed by atoms with E-state index < -0.39 is 46.3 Å². The molecule has 2 amide bonds. The number of ether oxygens (including phenoxy) is 2. The Bertz CT molecular complexity index is 1130. The van der Waals surface area contributed by atoms with E-state index in [1.165, 1.54) is 36.8 Å². The summed E-state index contributed by atoms with van der Waals surface area (Å²) < 4.78 is 38.8. The van der Waals surface area contributed by atoms with E-state index in [-0.39, 0.29) is 43.2 Å². The summed E-state index contributed by atoms with van der Waals surface area (Å²) in [5.41, 5.74) is -1.50. The summed E-state index contributed by atoms with van der Waals surface area (Å²) in [5.74, 6) is -3.96. The highest BCUT2D eigenvalue weighted by Crippen LogP contribution is 2.34. The molecule has 1 aromatic carbocycles. The molecular weight excluding hydrogens is 440 g/mol. The Hall–Kier alpha value is -3.31. The maximum Gasteiger partial charge on any atom is 0.274 e. The number of hydrogen-bond donors (Lipinski definition) is 2. The van der Waals surface area contributed by atoms with Gasteiger partial charge in [0.2, 0.25) is 5.43 Å². The Balaban J connectivity index is 2.01. The number of fused-ring (bicyclic) bond motifs is 1. The Morgan fingerprint density at radius 2 is 2.03 bits per heavy atom. The molecule has 1 atom stereocenters. The lowest BCUT2D eigenvalue weighted by atomic mass is 10.1. The van der Waals surface area contributed by atoms with E-state index >= 15 is 0 Å². The zero-order valence-corrected chi connectivity index (χ0v) is 18.5. The van der Waals surface area contributed by atoms with Gasteiger partial charge in [-0.15, -0.1) is 0 Å². The molecule has 0 aliphatic carbocycles. The first kappa shape index (κ1) is 24.3. The van der Waals surface area contributed by atoms with Gasteiger partial charge in [0, 0.05) is 52.5 Å². The first-order chi connectivity index (χ1) is 15.7. The van der Waals surface area contributed by atoms with Crippen LogP contribution in [0.2, 0.25) is 0 Å². The summed E-state index contributed by atoms with van der Waals surface area (Å²) in [6.07, 6.45) is -0.300. The highest BCUT2D eigenvalue weighted by atomic mass is 19.1. The van der Waals surface area contributed by atoms with Crippen LogP contribution in [0.3, 0.4) is 0 Å². The maximum atomic E-state index is 13.9. The van der Waals surface area contributed by atoms with Crippen molar-refractivity contribution >= 4 is 11.8 Å². The first-order valence-electron chi connectivity index (χ1n) is 10.2. The van der Waals surface area contributed by atoms with Gasteiger partial charge in [-0.1, -0.05) is 6.07 Å². The van der Waals surface area contributed by atoms with Crippen LogP contribution in [0, 0.1) is 11.6 Å². The molecule has 0 spiro atoms. The van der Waals surface area contributed by atoms with Crippen molar-refractivity contribution in [2.24, 2.45) is 0 Å². The molecule has 1 aliphatic heterocycles. The second kappa shape index (κ2) is 10.1. The normalized spacial score (nSPS) is 14.8. The van der Waals surface area contributed by atoms with E-state index in [2.05, 4.69) is 5.32 Å². The summed E-state index contributed by atoms with van der Waals surface area (Å²) in [6, 6.07) is 2.90. The molecule has 9 nitrogen and oxygen atoms in total. The van der Waals surface area contributed by atoms with Gasteiger partial charge in [0.15, 0.2) is 11.4 Å². The fourth-order valence-corrected chi connectivity index (χ4v) is 3.78. The quantitative estimate of drug-likeness (QED) is 0.613. The maximum absolute atomic E-state index is 13.9. The number of halogens is 2. The minimum atomic E-state index is -1.04. The third-order valence-corrected chi connectivity index (χ3v) is 5.55. The lowest BCUT2D eigenvalue weighted by Gasteiger charge is -2.22. The van der Waals surface area contributed by atoms with Gasteiger partial charge in [-0.05, 0) is 12.5 Å². The molecule has 0 fully saturated rings. The molecule has 0 bridgehead atoms. The molecule has 1 aliphatic rings. The number of carbonyl (C=O) groups is 2. The third-order valence-electron chi connectivity index (χ3n) is 5.55. The fraction of sp³-hybridized carbons (Fsp3) is 0.409. The van der Waals surface area contributed by atoms with Crippen molar-refractivity contribution in [3.63, 3.8) is 0 Å². The largest absolute Gasteiger partial charge is 0.503 e. The molecular formula is C22H25F2N3O6. The van der Waals surface area contributed by atoms with Crippen molar-refractivity contribution in [1.82, 2.24) is 14.8 Å². The average Bonchev–Trinajstić information content (AvgIpc) is 3.20. The molecule has 2 aromatic rings. The van der Waals surface area contributed by atoms with Crippen LogP contribution in [0.25, 0.3) is 0 Å². The standard InChI is InChI=1S/C22H25F2N3O6/c1-26(8-9-32-2)22(31)18-20(29)19(28)16(17-15(33-3)6-7-27(17)18)21(30)25-11-12-4-5-13(23)10-14(12)24/h4-5,10,15,29H,6-9,11H2,1-3H3,(H,25,30)/t15-/m0/s1. The molecule has 11 heteroatoms. The van der Waals surface area contributed by atoms with E-state index in [9.17, 15) is 28.3 Å². The van der Waals surface area contributed by atoms with Gasteiger partial charge in [-0.25, -0.2) is 8.78 Å². The zero-order chi connectivity index (χ0) is 24.3. The SMILES string of the molecule is COCCN(C)C(=O)c1c(O)c(=O)c(C(=O)NCc2ccc(F)cc2F)c2n1CC[C@@H]2OC. The number of aromatic hydroxyl groups is 1. The second-order valence-corrected chi connectivity index (χ2v) is 7.59. The first-order valence-corrected chi connectivity index (χ1v) is 10.2. The number of benzene rings is 1. The van der Waals surface area contributed by atoms with Gasteiger partial charge < -0.3 is 29.4 Å².